The summed E-state index contributed by atoms with van der Waals surface area (Å²) in [7, 11) is 0. The molecule has 7 nitrogen and oxygen atoms in total. The lowest BCUT2D eigenvalue weighted by Crippen LogP contribution is -2.40. The molecule has 25 heavy (non-hydrogen) atoms. The molecule has 3 heterocycles. The highest BCUT2D eigenvalue weighted by Gasteiger charge is 2.19. The summed E-state index contributed by atoms with van der Waals surface area (Å²) in [6.45, 7) is 9.93. The number of piperidine rings is 1. The molecule has 2 aliphatic rings. The first-order chi connectivity index (χ1) is 12.2. The lowest BCUT2D eigenvalue weighted by Gasteiger charge is -2.32. The van der Waals surface area contributed by atoms with Crippen LogP contribution in [0.3, 0.4) is 0 Å². The molecular weight excluding hydrogens is 318 g/mol. The number of likely N-dealkylation sites (tertiary alicyclic amines) is 1. The summed E-state index contributed by atoms with van der Waals surface area (Å²) in [5.74, 6) is 1.52. The quantitative estimate of drug-likeness (QED) is 0.742. The van der Waals surface area contributed by atoms with Gasteiger partial charge < -0.3 is 25.0 Å². The monoisotopic (exact) mass is 349 g/mol. The van der Waals surface area contributed by atoms with Gasteiger partial charge in [0.1, 0.15) is 0 Å². The highest BCUT2D eigenvalue weighted by atomic mass is 16.5. The Labute approximate surface area is 150 Å². The Morgan fingerprint density at radius 3 is 2.52 bits per heavy atom. The number of aromatic nitrogens is 2. The SMILES string of the molecule is CC(O)CN1CCC(CNCc2cnc(N3CCOCC3)nc2)CC1. The maximum atomic E-state index is 9.47. The highest BCUT2D eigenvalue weighted by molar-refractivity contribution is 5.30. The third kappa shape index (κ3) is 5.88. The summed E-state index contributed by atoms with van der Waals surface area (Å²) >= 11 is 0. The van der Waals surface area contributed by atoms with E-state index in [1.807, 2.05) is 19.3 Å². The number of anilines is 1. The van der Waals surface area contributed by atoms with Crippen molar-refractivity contribution in [1.82, 2.24) is 20.2 Å². The van der Waals surface area contributed by atoms with E-state index >= 15 is 0 Å². The molecule has 0 spiro atoms. The molecule has 2 saturated heterocycles. The Kier molecular flexibility index (Phi) is 6.98. The van der Waals surface area contributed by atoms with Crippen LogP contribution in [0.4, 0.5) is 5.95 Å². The van der Waals surface area contributed by atoms with Gasteiger partial charge in [0.25, 0.3) is 0 Å². The van der Waals surface area contributed by atoms with Crippen LogP contribution in [0.5, 0.6) is 0 Å². The van der Waals surface area contributed by atoms with Gasteiger partial charge in [-0.15, -0.1) is 0 Å². The third-order valence-electron chi connectivity index (χ3n) is 4.98. The van der Waals surface area contributed by atoms with Gasteiger partial charge in [0.15, 0.2) is 0 Å². The van der Waals surface area contributed by atoms with Gasteiger partial charge in [-0.05, 0) is 45.3 Å². The molecule has 1 unspecified atom stereocenters. The molecule has 0 saturated carbocycles. The van der Waals surface area contributed by atoms with E-state index in [1.165, 1.54) is 12.8 Å². The number of aliphatic hydroxyl groups excluding tert-OH is 1. The molecular formula is C18H31N5O2. The number of hydrogen-bond acceptors (Lipinski definition) is 7. The first-order valence-electron chi connectivity index (χ1n) is 9.45. The molecule has 140 valence electrons. The fourth-order valence-corrected chi connectivity index (χ4v) is 3.53. The molecule has 0 bridgehead atoms. The van der Waals surface area contributed by atoms with Gasteiger partial charge >= 0.3 is 0 Å². The standard InChI is InChI=1S/C18H31N5O2/c1-15(24)14-22-4-2-16(3-5-22)10-19-11-17-12-20-18(21-13-17)23-6-8-25-9-7-23/h12-13,15-16,19,24H,2-11,14H2,1H3. The van der Waals surface area contributed by atoms with Crippen LogP contribution >= 0.6 is 0 Å². The smallest absolute Gasteiger partial charge is 0.225 e. The Balaban J connectivity index is 1.35. The number of morpholine rings is 1. The van der Waals surface area contributed by atoms with Crippen molar-refractivity contribution in [1.29, 1.82) is 0 Å². The number of nitrogens with zero attached hydrogens (tertiary/aromatic N) is 4. The highest BCUT2D eigenvalue weighted by Crippen LogP contribution is 2.16. The third-order valence-corrected chi connectivity index (χ3v) is 4.98. The minimum atomic E-state index is -0.227. The Bertz CT molecular complexity index is 497. The van der Waals surface area contributed by atoms with Crippen molar-refractivity contribution < 1.29 is 9.84 Å². The normalized spacial score (nSPS) is 21.4. The van der Waals surface area contributed by atoms with Crippen molar-refractivity contribution in [3.05, 3.63) is 18.0 Å². The summed E-state index contributed by atoms with van der Waals surface area (Å²) in [5, 5.41) is 13.0. The van der Waals surface area contributed by atoms with Gasteiger partial charge in [-0.2, -0.15) is 0 Å². The van der Waals surface area contributed by atoms with Crippen LogP contribution in [-0.4, -0.2) is 78.6 Å². The Morgan fingerprint density at radius 1 is 1.20 bits per heavy atom. The second-order valence-electron chi connectivity index (χ2n) is 7.21. The van der Waals surface area contributed by atoms with Crippen LogP contribution in [0.15, 0.2) is 12.4 Å². The second-order valence-corrected chi connectivity index (χ2v) is 7.21. The maximum absolute atomic E-state index is 9.47. The molecule has 3 rings (SSSR count). The van der Waals surface area contributed by atoms with Crippen molar-refractivity contribution in [2.75, 3.05) is 57.4 Å². The predicted octanol–water partition coefficient (Wildman–Crippen LogP) is 0.496. The van der Waals surface area contributed by atoms with Crippen LogP contribution in [0, 0.1) is 5.92 Å². The predicted molar refractivity (Wildman–Crippen MR) is 97.6 cm³/mol. The molecule has 0 radical (unpaired) electrons. The lowest BCUT2D eigenvalue weighted by atomic mass is 9.96. The largest absolute Gasteiger partial charge is 0.392 e. The lowest BCUT2D eigenvalue weighted by molar-refractivity contribution is 0.0998. The average molecular weight is 349 g/mol. The topological polar surface area (TPSA) is 73.8 Å². The van der Waals surface area contributed by atoms with Gasteiger partial charge in [0.05, 0.1) is 19.3 Å². The van der Waals surface area contributed by atoms with Crippen LogP contribution in [0.1, 0.15) is 25.3 Å². The van der Waals surface area contributed by atoms with E-state index in [1.54, 1.807) is 0 Å². The molecule has 7 heteroatoms. The summed E-state index contributed by atoms with van der Waals surface area (Å²) in [5.41, 5.74) is 1.13. The zero-order valence-corrected chi connectivity index (χ0v) is 15.2. The average Bonchev–Trinajstić information content (AvgIpc) is 2.64. The fraction of sp³-hybridized carbons (Fsp3) is 0.778. The van der Waals surface area contributed by atoms with E-state index in [0.717, 1.165) is 76.5 Å². The first kappa shape index (κ1) is 18.5. The molecule has 2 fully saturated rings. The Morgan fingerprint density at radius 2 is 1.88 bits per heavy atom. The molecule has 1 aromatic rings. The number of ether oxygens (including phenoxy) is 1. The number of rotatable bonds is 7. The van der Waals surface area contributed by atoms with Crippen LogP contribution in [0.2, 0.25) is 0 Å². The molecule has 2 aliphatic heterocycles. The summed E-state index contributed by atoms with van der Waals surface area (Å²) in [4.78, 5) is 13.5. The molecule has 0 amide bonds. The first-order valence-corrected chi connectivity index (χ1v) is 9.45. The van der Waals surface area contributed by atoms with Crippen LogP contribution < -0.4 is 10.2 Å². The van der Waals surface area contributed by atoms with E-state index in [9.17, 15) is 5.11 Å². The van der Waals surface area contributed by atoms with Gasteiger partial charge in [0.2, 0.25) is 5.95 Å². The zero-order valence-electron chi connectivity index (χ0n) is 15.2. The van der Waals surface area contributed by atoms with E-state index in [0.29, 0.717) is 0 Å². The zero-order chi connectivity index (χ0) is 17.5. The van der Waals surface area contributed by atoms with Gasteiger partial charge in [-0.1, -0.05) is 0 Å². The second kappa shape index (κ2) is 9.43. The number of aliphatic hydroxyl groups is 1. The van der Waals surface area contributed by atoms with Crippen molar-refractivity contribution in [2.24, 2.45) is 5.92 Å². The fourth-order valence-electron chi connectivity index (χ4n) is 3.53. The van der Waals surface area contributed by atoms with E-state index < -0.39 is 0 Å². The van der Waals surface area contributed by atoms with Crippen molar-refractivity contribution >= 4 is 5.95 Å². The number of β-amino-alcohol motifs (C(OH)–C–C–N with tert-alkyl or cyclic N) is 1. The van der Waals surface area contributed by atoms with Crippen molar-refractivity contribution in [2.45, 2.75) is 32.4 Å². The number of hydrogen-bond donors (Lipinski definition) is 2. The Hall–Kier alpha value is -1.28. The van der Waals surface area contributed by atoms with Gasteiger partial charge in [-0.3, -0.25) is 0 Å². The van der Waals surface area contributed by atoms with Crippen molar-refractivity contribution in [3.8, 4) is 0 Å². The minimum Gasteiger partial charge on any atom is -0.392 e. The van der Waals surface area contributed by atoms with Gasteiger partial charge in [-0.25, -0.2) is 9.97 Å². The van der Waals surface area contributed by atoms with E-state index in [2.05, 4.69) is 25.1 Å². The summed E-state index contributed by atoms with van der Waals surface area (Å²) in [6, 6.07) is 0. The summed E-state index contributed by atoms with van der Waals surface area (Å²) < 4.78 is 5.36. The summed E-state index contributed by atoms with van der Waals surface area (Å²) in [6.07, 6.45) is 6.03. The molecule has 0 aliphatic carbocycles. The van der Waals surface area contributed by atoms with E-state index in [4.69, 9.17) is 4.74 Å². The number of nitrogens with one attached hydrogen (secondary N) is 1. The maximum Gasteiger partial charge on any atom is 0.225 e. The molecule has 1 aromatic heterocycles. The van der Waals surface area contributed by atoms with Gasteiger partial charge in [0, 0.05) is 44.1 Å². The molecule has 0 aromatic carbocycles. The minimum absolute atomic E-state index is 0.227. The van der Waals surface area contributed by atoms with E-state index in [-0.39, 0.29) is 6.10 Å². The molecule has 2 N–H and O–H groups in total. The van der Waals surface area contributed by atoms with Crippen molar-refractivity contribution in [3.63, 3.8) is 0 Å². The van der Waals surface area contributed by atoms with Crippen LogP contribution in [0.25, 0.3) is 0 Å². The van der Waals surface area contributed by atoms with Crippen LogP contribution in [-0.2, 0) is 11.3 Å². The molecule has 1 atom stereocenters.